The topological polar surface area (TPSA) is 64.0 Å². The van der Waals surface area contributed by atoms with E-state index >= 15 is 0 Å². The number of nitrogens with zero attached hydrogens (tertiary/aromatic N) is 2. The molecule has 5 nitrogen and oxygen atoms in total. The molecule has 168 valence electrons. The highest BCUT2D eigenvalue weighted by Crippen LogP contribution is 2.27. The first-order chi connectivity index (χ1) is 15.9. The highest BCUT2D eigenvalue weighted by Gasteiger charge is 2.18. The molecule has 1 N–H and O–H groups in total. The number of anilines is 1. The van der Waals surface area contributed by atoms with Crippen LogP contribution in [0, 0.1) is 13.8 Å². The fourth-order valence-corrected chi connectivity index (χ4v) is 4.72. The Balaban J connectivity index is 1.74. The molecule has 0 fully saturated rings. The van der Waals surface area contributed by atoms with Crippen LogP contribution in [0.25, 0.3) is 16.6 Å². The smallest absolute Gasteiger partial charge is 0.266 e. The molecule has 1 heterocycles. The van der Waals surface area contributed by atoms with Crippen molar-refractivity contribution in [2.75, 3.05) is 11.1 Å². The van der Waals surface area contributed by atoms with Crippen molar-refractivity contribution < 1.29 is 4.79 Å². The van der Waals surface area contributed by atoms with Gasteiger partial charge in [0.05, 0.1) is 22.3 Å². The van der Waals surface area contributed by atoms with Gasteiger partial charge in [-0.25, -0.2) is 4.98 Å². The maximum atomic E-state index is 13.6. The lowest BCUT2D eigenvalue weighted by Gasteiger charge is -2.18. The lowest BCUT2D eigenvalue weighted by atomic mass is 10.0. The van der Waals surface area contributed by atoms with Crippen molar-refractivity contribution in [2.45, 2.75) is 38.8 Å². The summed E-state index contributed by atoms with van der Waals surface area (Å²) in [5, 5.41) is 4.07. The van der Waals surface area contributed by atoms with Gasteiger partial charge in [0.25, 0.3) is 5.56 Å². The van der Waals surface area contributed by atoms with Gasteiger partial charge in [0.1, 0.15) is 0 Å². The van der Waals surface area contributed by atoms with Gasteiger partial charge >= 0.3 is 0 Å². The fraction of sp³-hybridized carbons (Fsp3) is 0.222. The first kappa shape index (κ1) is 22.8. The van der Waals surface area contributed by atoms with Crippen LogP contribution in [0.2, 0.25) is 0 Å². The Labute approximate surface area is 197 Å². The van der Waals surface area contributed by atoms with Crippen molar-refractivity contribution >= 4 is 34.3 Å². The summed E-state index contributed by atoms with van der Waals surface area (Å²) in [6.45, 7) is 8.15. The summed E-state index contributed by atoms with van der Waals surface area (Å²) in [6.07, 6.45) is 0. The number of benzene rings is 3. The van der Waals surface area contributed by atoms with Crippen LogP contribution in [0.4, 0.5) is 5.69 Å². The molecule has 0 unspecified atom stereocenters. The first-order valence-corrected chi connectivity index (χ1v) is 12.0. The highest BCUT2D eigenvalue weighted by atomic mass is 32.2. The Kier molecular flexibility index (Phi) is 6.65. The maximum Gasteiger partial charge on any atom is 0.266 e. The molecule has 33 heavy (non-hydrogen) atoms. The van der Waals surface area contributed by atoms with Crippen molar-refractivity contribution in [1.29, 1.82) is 0 Å². The minimum atomic E-state index is -0.136. The van der Waals surface area contributed by atoms with Gasteiger partial charge in [0.15, 0.2) is 5.16 Å². The van der Waals surface area contributed by atoms with Crippen LogP contribution in [0.15, 0.2) is 76.7 Å². The van der Waals surface area contributed by atoms with E-state index in [2.05, 4.69) is 19.2 Å². The van der Waals surface area contributed by atoms with E-state index < -0.39 is 0 Å². The molecule has 0 aliphatic carbocycles. The zero-order chi connectivity index (χ0) is 23.5. The summed E-state index contributed by atoms with van der Waals surface area (Å²) in [5.41, 5.74) is 5.20. The first-order valence-electron chi connectivity index (χ1n) is 11.0. The SMILES string of the molecule is Cc1cccc(C)c1NC(=O)CSc1nc2ccccc2c(=O)n1-c1ccccc1C(C)C. The maximum absolute atomic E-state index is 13.6. The molecule has 1 amide bonds. The number of hydrogen-bond donors (Lipinski definition) is 1. The summed E-state index contributed by atoms with van der Waals surface area (Å²) in [6, 6.07) is 21.1. The Bertz CT molecular complexity index is 1370. The van der Waals surface area contributed by atoms with Crippen molar-refractivity contribution in [2.24, 2.45) is 0 Å². The van der Waals surface area contributed by atoms with Crippen molar-refractivity contribution in [3.63, 3.8) is 0 Å². The summed E-state index contributed by atoms with van der Waals surface area (Å²) in [5.74, 6) is 0.232. The molecule has 0 aliphatic rings. The van der Waals surface area contributed by atoms with Crippen LogP contribution in [0.1, 0.15) is 36.5 Å². The second-order valence-electron chi connectivity index (χ2n) is 8.37. The van der Waals surface area contributed by atoms with Crippen LogP contribution >= 0.6 is 11.8 Å². The van der Waals surface area contributed by atoms with E-state index in [1.807, 2.05) is 74.5 Å². The predicted molar refractivity (Wildman–Crippen MR) is 137 cm³/mol. The third kappa shape index (κ3) is 4.71. The van der Waals surface area contributed by atoms with Crippen molar-refractivity contribution in [3.8, 4) is 5.69 Å². The van der Waals surface area contributed by atoms with Crippen molar-refractivity contribution in [1.82, 2.24) is 9.55 Å². The summed E-state index contributed by atoms with van der Waals surface area (Å²) in [4.78, 5) is 31.1. The molecule has 1 aromatic heterocycles. The number of amides is 1. The Morgan fingerprint density at radius 1 is 0.970 bits per heavy atom. The number of carbonyl (C=O) groups is 1. The minimum absolute atomic E-state index is 0.133. The van der Waals surface area contributed by atoms with Crippen LogP contribution < -0.4 is 10.9 Å². The number of nitrogens with one attached hydrogen (secondary N) is 1. The zero-order valence-corrected chi connectivity index (χ0v) is 20.1. The number of thioether (sulfide) groups is 1. The van der Waals surface area contributed by atoms with Gasteiger partial charge in [0, 0.05) is 5.69 Å². The Hall–Kier alpha value is -3.38. The van der Waals surface area contributed by atoms with E-state index in [-0.39, 0.29) is 23.1 Å². The number of fused-ring (bicyclic) bond motifs is 1. The number of para-hydroxylation sites is 3. The standard InChI is InChI=1S/C27H27N3O2S/c1-17(2)20-12-6-8-15-23(20)30-26(32)21-13-5-7-14-22(21)28-27(30)33-16-24(31)29-25-18(3)10-9-11-19(25)4/h5-15,17H,16H2,1-4H3,(H,29,31). The van der Waals surface area contributed by atoms with E-state index in [1.54, 1.807) is 10.6 Å². The number of carbonyl (C=O) groups excluding carboxylic acids is 1. The average molecular weight is 458 g/mol. The van der Waals surface area contributed by atoms with E-state index in [1.165, 1.54) is 11.8 Å². The van der Waals surface area contributed by atoms with Gasteiger partial charge in [-0.05, 0) is 54.7 Å². The largest absolute Gasteiger partial charge is 0.325 e. The van der Waals surface area contributed by atoms with Gasteiger partial charge < -0.3 is 5.32 Å². The van der Waals surface area contributed by atoms with Gasteiger partial charge in [-0.1, -0.05) is 74.1 Å². The fourth-order valence-electron chi connectivity index (χ4n) is 3.92. The third-order valence-corrected chi connectivity index (χ3v) is 6.56. The van der Waals surface area contributed by atoms with Crippen LogP contribution in [0.3, 0.4) is 0 Å². The molecule has 0 saturated heterocycles. The Morgan fingerprint density at radius 2 is 1.64 bits per heavy atom. The van der Waals surface area contributed by atoms with Crippen LogP contribution in [-0.2, 0) is 4.79 Å². The molecule has 0 saturated carbocycles. The van der Waals surface area contributed by atoms with Crippen LogP contribution in [-0.4, -0.2) is 21.2 Å². The number of hydrogen-bond acceptors (Lipinski definition) is 4. The zero-order valence-electron chi connectivity index (χ0n) is 19.3. The van der Waals surface area contributed by atoms with Gasteiger partial charge in [0.2, 0.25) is 5.91 Å². The van der Waals surface area contributed by atoms with Crippen molar-refractivity contribution in [3.05, 3.63) is 93.8 Å². The summed E-state index contributed by atoms with van der Waals surface area (Å²) in [7, 11) is 0. The van der Waals surface area contributed by atoms with E-state index in [0.717, 1.165) is 28.1 Å². The quantitative estimate of drug-likeness (QED) is 0.291. The molecule has 4 aromatic rings. The number of aryl methyl sites for hydroxylation is 2. The lowest BCUT2D eigenvalue weighted by Crippen LogP contribution is -2.24. The summed E-state index contributed by atoms with van der Waals surface area (Å²) < 4.78 is 1.65. The molecule has 0 radical (unpaired) electrons. The van der Waals surface area contributed by atoms with Gasteiger partial charge in [-0.3, -0.25) is 14.2 Å². The summed E-state index contributed by atoms with van der Waals surface area (Å²) >= 11 is 1.27. The molecule has 3 aromatic carbocycles. The van der Waals surface area contributed by atoms with E-state index in [4.69, 9.17) is 4.98 Å². The lowest BCUT2D eigenvalue weighted by molar-refractivity contribution is -0.113. The molecule has 0 bridgehead atoms. The molecular formula is C27H27N3O2S. The minimum Gasteiger partial charge on any atom is -0.325 e. The normalized spacial score (nSPS) is 11.2. The monoisotopic (exact) mass is 457 g/mol. The van der Waals surface area contributed by atoms with E-state index in [9.17, 15) is 9.59 Å². The second kappa shape index (κ2) is 9.63. The van der Waals surface area contributed by atoms with Crippen LogP contribution in [0.5, 0.6) is 0 Å². The number of aromatic nitrogens is 2. The Morgan fingerprint density at radius 3 is 2.36 bits per heavy atom. The van der Waals surface area contributed by atoms with Gasteiger partial charge in [-0.2, -0.15) is 0 Å². The molecule has 4 rings (SSSR count). The molecule has 6 heteroatoms. The van der Waals surface area contributed by atoms with Gasteiger partial charge in [-0.15, -0.1) is 0 Å². The third-order valence-electron chi connectivity index (χ3n) is 5.62. The second-order valence-corrected chi connectivity index (χ2v) is 9.31. The van der Waals surface area contributed by atoms with E-state index in [0.29, 0.717) is 16.1 Å². The molecule has 0 atom stereocenters. The predicted octanol–water partition coefficient (Wildman–Crippen LogP) is 5.86. The molecule has 0 spiro atoms. The molecular weight excluding hydrogens is 430 g/mol. The number of rotatable bonds is 6. The average Bonchev–Trinajstić information content (AvgIpc) is 2.80. The molecule has 0 aliphatic heterocycles. The highest BCUT2D eigenvalue weighted by molar-refractivity contribution is 7.99.